The van der Waals surface area contributed by atoms with Crippen molar-refractivity contribution in [2.75, 3.05) is 13.1 Å². The number of carbonyl (C=O) groups is 1. The lowest BCUT2D eigenvalue weighted by atomic mass is 10.2. The minimum atomic E-state index is -0.0498. The topological polar surface area (TPSA) is 54.5 Å². The van der Waals surface area contributed by atoms with Gasteiger partial charge in [-0.25, -0.2) is 4.79 Å². The van der Waals surface area contributed by atoms with Crippen LogP contribution in [-0.2, 0) is 13.0 Å². The van der Waals surface area contributed by atoms with Crippen LogP contribution in [0.2, 0.25) is 0 Å². The largest absolute Gasteiger partial charge is 0.489 e. The number of fused-ring (bicyclic) bond motifs is 1. The Morgan fingerprint density at radius 2 is 2.09 bits per heavy atom. The highest BCUT2D eigenvalue weighted by Gasteiger charge is 2.23. The molecule has 0 bridgehead atoms. The number of para-hydroxylation sites is 1. The Morgan fingerprint density at radius 1 is 1.30 bits per heavy atom. The van der Waals surface area contributed by atoms with E-state index in [1.54, 1.807) is 12.4 Å². The molecule has 1 aromatic carbocycles. The molecule has 0 saturated heterocycles. The van der Waals surface area contributed by atoms with Gasteiger partial charge in [0.1, 0.15) is 11.9 Å². The van der Waals surface area contributed by atoms with Crippen molar-refractivity contribution in [2.24, 2.45) is 0 Å². The van der Waals surface area contributed by atoms with E-state index < -0.39 is 0 Å². The van der Waals surface area contributed by atoms with Gasteiger partial charge in [-0.1, -0.05) is 18.2 Å². The number of rotatable bonds is 3. The number of nitrogens with zero attached hydrogens (tertiary/aromatic N) is 2. The molecule has 1 atom stereocenters. The van der Waals surface area contributed by atoms with Crippen molar-refractivity contribution in [2.45, 2.75) is 26.0 Å². The Morgan fingerprint density at radius 3 is 2.91 bits per heavy atom. The Hall–Kier alpha value is -2.56. The van der Waals surface area contributed by atoms with Gasteiger partial charge in [-0.2, -0.15) is 0 Å². The molecule has 3 rings (SSSR count). The number of aromatic nitrogens is 1. The third kappa shape index (κ3) is 4.00. The van der Waals surface area contributed by atoms with E-state index in [1.165, 1.54) is 5.56 Å². The predicted octanol–water partition coefficient (Wildman–Crippen LogP) is 2.62. The molecule has 0 fully saturated rings. The van der Waals surface area contributed by atoms with Crippen LogP contribution in [0, 0.1) is 0 Å². The highest BCUT2D eigenvalue weighted by atomic mass is 16.5. The molecule has 2 amide bonds. The summed E-state index contributed by atoms with van der Waals surface area (Å²) < 4.78 is 5.88. The number of hydrogen-bond acceptors (Lipinski definition) is 3. The number of pyridine rings is 1. The second kappa shape index (κ2) is 7.13. The van der Waals surface area contributed by atoms with Gasteiger partial charge in [0.15, 0.2) is 0 Å². The van der Waals surface area contributed by atoms with Gasteiger partial charge in [0.05, 0.1) is 13.1 Å². The summed E-state index contributed by atoms with van der Waals surface area (Å²) >= 11 is 0. The van der Waals surface area contributed by atoms with E-state index in [0.29, 0.717) is 19.6 Å². The van der Waals surface area contributed by atoms with Crippen molar-refractivity contribution in [3.05, 3.63) is 59.9 Å². The molecule has 2 heterocycles. The first-order chi connectivity index (χ1) is 11.2. The first-order valence-corrected chi connectivity index (χ1v) is 7.88. The fraction of sp³-hybridized carbons (Fsp3) is 0.333. The molecule has 0 saturated carbocycles. The smallest absolute Gasteiger partial charge is 0.317 e. The van der Waals surface area contributed by atoms with E-state index in [2.05, 4.69) is 10.3 Å². The Labute approximate surface area is 136 Å². The Balaban J connectivity index is 1.58. The monoisotopic (exact) mass is 311 g/mol. The summed E-state index contributed by atoms with van der Waals surface area (Å²) in [6.45, 7) is 3.74. The summed E-state index contributed by atoms with van der Waals surface area (Å²) in [4.78, 5) is 18.2. The van der Waals surface area contributed by atoms with Crippen LogP contribution in [0.1, 0.15) is 18.1 Å². The average molecular weight is 311 g/mol. The fourth-order valence-corrected chi connectivity index (χ4v) is 2.71. The van der Waals surface area contributed by atoms with Crippen molar-refractivity contribution in [1.82, 2.24) is 15.2 Å². The van der Waals surface area contributed by atoms with Crippen LogP contribution in [0.25, 0.3) is 0 Å². The summed E-state index contributed by atoms with van der Waals surface area (Å²) in [5.74, 6) is 0.868. The molecule has 1 aliphatic rings. The van der Waals surface area contributed by atoms with E-state index >= 15 is 0 Å². The van der Waals surface area contributed by atoms with Crippen LogP contribution in [0.4, 0.5) is 4.79 Å². The zero-order chi connectivity index (χ0) is 16.1. The number of nitrogens with one attached hydrogen (secondary N) is 1. The van der Waals surface area contributed by atoms with Gasteiger partial charge in [0, 0.05) is 24.5 Å². The number of ether oxygens (including phenoxy) is 1. The average Bonchev–Trinajstić information content (AvgIpc) is 2.73. The molecule has 5 heteroatoms. The maximum Gasteiger partial charge on any atom is 0.317 e. The van der Waals surface area contributed by atoms with Crippen LogP contribution in [-0.4, -0.2) is 35.1 Å². The van der Waals surface area contributed by atoms with Gasteiger partial charge in [-0.15, -0.1) is 0 Å². The molecule has 1 N–H and O–H groups in total. The van der Waals surface area contributed by atoms with Crippen LogP contribution in [0.3, 0.4) is 0 Å². The van der Waals surface area contributed by atoms with E-state index in [4.69, 9.17) is 4.74 Å². The highest BCUT2D eigenvalue weighted by molar-refractivity contribution is 5.74. The van der Waals surface area contributed by atoms with E-state index in [0.717, 1.165) is 17.7 Å². The minimum absolute atomic E-state index is 0.0235. The number of carbonyl (C=O) groups excluding carboxylic acids is 1. The lowest BCUT2D eigenvalue weighted by molar-refractivity contribution is 0.158. The van der Waals surface area contributed by atoms with Crippen molar-refractivity contribution in [3.63, 3.8) is 0 Å². The van der Waals surface area contributed by atoms with E-state index in [-0.39, 0.29) is 12.1 Å². The second-order valence-corrected chi connectivity index (χ2v) is 5.75. The number of amides is 2. The zero-order valence-corrected chi connectivity index (χ0v) is 13.2. The maximum absolute atomic E-state index is 12.4. The van der Waals surface area contributed by atoms with Crippen molar-refractivity contribution in [1.29, 1.82) is 0 Å². The van der Waals surface area contributed by atoms with Crippen molar-refractivity contribution in [3.8, 4) is 5.75 Å². The number of urea groups is 1. The Kier molecular flexibility index (Phi) is 4.76. The van der Waals surface area contributed by atoms with Crippen LogP contribution < -0.4 is 10.1 Å². The Bertz CT molecular complexity index is 660. The molecule has 120 valence electrons. The van der Waals surface area contributed by atoms with Crippen molar-refractivity contribution < 1.29 is 9.53 Å². The SMILES string of the molecule is CC1CN(C(=O)NCCc2ccncc2)Cc2ccccc2O1. The number of hydrogen-bond donors (Lipinski definition) is 1. The number of benzene rings is 1. The summed E-state index contributed by atoms with van der Waals surface area (Å²) in [7, 11) is 0. The highest BCUT2D eigenvalue weighted by Crippen LogP contribution is 2.24. The predicted molar refractivity (Wildman–Crippen MR) is 88.3 cm³/mol. The standard InChI is InChI=1S/C18H21N3O2/c1-14-12-21(13-16-4-2-3-5-17(16)23-14)18(22)20-11-8-15-6-9-19-10-7-15/h2-7,9-10,14H,8,11-13H2,1H3,(H,20,22). The normalized spacial score (nSPS) is 16.9. The second-order valence-electron chi connectivity index (χ2n) is 5.75. The third-order valence-electron chi connectivity index (χ3n) is 3.87. The molecule has 0 aliphatic carbocycles. The molecule has 0 radical (unpaired) electrons. The summed E-state index contributed by atoms with van der Waals surface area (Å²) in [6, 6.07) is 11.8. The lowest BCUT2D eigenvalue weighted by Crippen LogP contribution is -2.43. The molecule has 1 aromatic heterocycles. The van der Waals surface area contributed by atoms with Gasteiger partial charge in [-0.3, -0.25) is 4.98 Å². The molecular formula is C18H21N3O2. The zero-order valence-electron chi connectivity index (χ0n) is 13.2. The summed E-state index contributed by atoms with van der Waals surface area (Å²) in [5, 5.41) is 2.99. The molecule has 1 unspecified atom stereocenters. The van der Waals surface area contributed by atoms with Gasteiger partial charge >= 0.3 is 6.03 Å². The summed E-state index contributed by atoms with van der Waals surface area (Å²) in [5.41, 5.74) is 2.21. The van der Waals surface area contributed by atoms with Gasteiger partial charge in [0.2, 0.25) is 0 Å². The van der Waals surface area contributed by atoms with E-state index in [9.17, 15) is 4.79 Å². The molecule has 23 heavy (non-hydrogen) atoms. The van der Waals surface area contributed by atoms with Gasteiger partial charge in [0.25, 0.3) is 0 Å². The van der Waals surface area contributed by atoms with Gasteiger partial charge < -0.3 is 15.0 Å². The quantitative estimate of drug-likeness (QED) is 0.948. The first kappa shape index (κ1) is 15.3. The molecular weight excluding hydrogens is 290 g/mol. The molecule has 5 nitrogen and oxygen atoms in total. The van der Waals surface area contributed by atoms with Crippen LogP contribution >= 0.6 is 0 Å². The van der Waals surface area contributed by atoms with Crippen LogP contribution in [0.15, 0.2) is 48.8 Å². The first-order valence-electron chi connectivity index (χ1n) is 7.88. The van der Waals surface area contributed by atoms with Gasteiger partial charge in [-0.05, 0) is 37.1 Å². The lowest BCUT2D eigenvalue weighted by Gasteiger charge is -2.22. The molecule has 0 spiro atoms. The molecule has 2 aromatic rings. The third-order valence-corrected chi connectivity index (χ3v) is 3.87. The fourth-order valence-electron chi connectivity index (χ4n) is 2.71. The van der Waals surface area contributed by atoms with Crippen molar-refractivity contribution >= 4 is 6.03 Å². The van der Waals surface area contributed by atoms with E-state index in [1.807, 2.05) is 48.2 Å². The minimum Gasteiger partial charge on any atom is -0.489 e. The molecule has 1 aliphatic heterocycles. The maximum atomic E-state index is 12.4. The van der Waals surface area contributed by atoms with Crippen LogP contribution in [0.5, 0.6) is 5.75 Å². The summed E-state index contributed by atoms with van der Waals surface area (Å²) in [6.07, 6.45) is 4.30.